The van der Waals surface area contributed by atoms with Crippen LogP contribution >= 0.6 is 23.2 Å². The molecule has 0 fully saturated rings. The number of pyridine rings is 1. The van der Waals surface area contributed by atoms with E-state index < -0.39 is 0 Å². The Labute approximate surface area is 109 Å². The molecule has 0 atom stereocenters. The Morgan fingerprint density at radius 3 is 2.29 bits per heavy atom. The molecular weight excluding hydrogens is 259 g/mol. The summed E-state index contributed by atoms with van der Waals surface area (Å²) >= 11 is 11.7. The summed E-state index contributed by atoms with van der Waals surface area (Å²) in [6, 6.07) is 8.62. The van der Waals surface area contributed by atoms with Gasteiger partial charge in [0.1, 0.15) is 11.5 Å². The van der Waals surface area contributed by atoms with Crippen molar-refractivity contribution in [3.8, 4) is 11.5 Å². The smallest absolute Gasteiger partial charge is 0.145 e. The average Bonchev–Trinajstić information content (AvgIpc) is 2.28. The summed E-state index contributed by atoms with van der Waals surface area (Å²) in [6.45, 7) is 0.406. The molecule has 0 unspecified atom stereocenters. The Balaban J connectivity index is 2.19. The molecule has 5 heteroatoms. The van der Waals surface area contributed by atoms with E-state index in [1.807, 2.05) is 6.07 Å². The number of nitrogens with zero attached hydrogens (tertiary/aromatic N) is 1. The van der Waals surface area contributed by atoms with Gasteiger partial charge in [0, 0.05) is 16.6 Å². The summed E-state index contributed by atoms with van der Waals surface area (Å²) in [5, 5.41) is 1.05. The summed E-state index contributed by atoms with van der Waals surface area (Å²) in [6.07, 6.45) is 1.61. The van der Waals surface area contributed by atoms with Crippen molar-refractivity contribution in [2.45, 2.75) is 6.54 Å². The number of aromatic nitrogens is 1. The van der Waals surface area contributed by atoms with Gasteiger partial charge in [-0.15, -0.1) is 0 Å². The molecule has 1 aromatic heterocycles. The van der Waals surface area contributed by atoms with E-state index in [1.165, 1.54) is 0 Å². The lowest BCUT2D eigenvalue weighted by Gasteiger charge is -2.06. The van der Waals surface area contributed by atoms with Crippen molar-refractivity contribution in [3.05, 3.63) is 52.3 Å². The fourth-order valence-electron chi connectivity index (χ4n) is 1.32. The highest BCUT2D eigenvalue weighted by molar-refractivity contribution is 6.34. The molecule has 88 valence electrons. The maximum atomic E-state index is 5.87. The van der Waals surface area contributed by atoms with Crippen LogP contribution in [0.2, 0.25) is 10.0 Å². The average molecular weight is 269 g/mol. The van der Waals surface area contributed by atoms with Crippen LogP contribution in [0.4, 0.5) is 0 Å². The van der Waals surface area contributed by atoms with Crippen molar-refractivity contribution in [3.63, 3.8) is 0 Å². The Kier molecular flexibility index (Phi) is 3.84. The number of hydrogen-bond donors (Lipinski definition) is 1. The van der Waals surface area contributed by atoms with Crippen LogP contribution in [0.25, 0.3) is 0 Å². The van der Waals surface area contributed by atoms with Gasteiger partial charge in [-0.2, -0.15) is 0 Å². The second-order valence-corrected chi connectivity index (χ2v) is 4.27. The van der Waals surface area contributed by atoms with Gasteiger partial charge in [-0.05, 0) is 30.3 Å². The molecule has 0 amide bonds. The van der Waals surface area contributed by atoms with Gasteiger partial charge in [0.25, 0.3) is 0 Å². The lowest BCUT2D eigenvalue weighted by molar-refractivity contribution is 0.480. The molecule has 2 N–H and O–H groups in total. The molecule has 0 saturated carbocycles. The minimum absolute atomic E-state index is 0.406. The molecule has 2 aromatic rings. The Hall–Kier alpha value is -1.29. The minimum Gasteiger partial charge on any atom is -0.456 e. The first-order valence-electron chi connectivity index (χ1n) is 4.96. The highest BCUT2D eigenvalue weighted by Gasteiger charge is 2.01. The third-order valence-electron chi connectivity index (χ3n) is 2.08. The highest BCUT2D eigenvalue weighted by atomic mass is 35.5. The van der Waals surface area contributed by atoms with E-state index in [1.54, 1.807) is 30.5 Å². The van der Waals surface area contributed by atoms with Crippen LogP contribution in [0.15, 0.2) is 36.5 Å². The number of nitrogens with two attached hydrogens (primary N) is 1. The highest BCUT2D eigenvalue weighted by Crippen LogP contribution is 2.27. The summed E-state index contributed by atoms with van der Waals surface area (Å²) < 4.78 is 5.57. The zero-order valence-corrected chi connectivity index (χ0v) is 10.4. The maximum absolute atomic E-state index is 5.87. The normalized spacial score (nSPS) is 10.3. The molecular formula is C12H10Cl2N2O. The first-order valence-corrected chi connectivity index (χ1v) is 5.72. The van der Waals surface area contributed by atoms with Gasteiger partial charge in [0.05, 0.1) is 11.9 Å². The van der Waals surface area contributed by atoms with Crippen LogP contribution in [-0.4, -0.2) is 4.98 Å². The molecule has 2 rings (SSSR count). The van der Waals surface area contributed by atoms with Gasteiger partial charge in [-0.1, -0.05) is 23.2 Å². The fourth-order valence-corrected chi connectivity index (χ4v) is 1.82. The van der Waals surface area contributed by atoms with Crippen molar-refractivity contribution in [1.82, 2.24) is 4.98 Å². The van der Waals surface area contributed by atoms with Crippen LogP contribution in [0.5, 0.6) is 11.5 Å². The van der Waals surface area contributed by atoms with E-state index >= 15 is 0 Å². The Morgan fingerprint density at radius 1 is 1.06 bits per heavy atom. The second kappa shape index (κ2) is 5.36. The van der Waals surface area contributed by atoms with Crippen LogP contribution in [0.3, 0.4) is 0 Å². The number of benzene rings is 1. The lowest BCUT2D eigenvalue weighted by Crippen LogP contribution is -1.98. The van der Waals surface area contributed by atoms with E-state index in [2.05, 4.69) is 4.98 Å². The SMILES string of the molecule is NCc1ccc(Oc2cc(Cl)cc(Cl)c2)cn1. The van der Waals surface area contributed by atoms with Gasteiger partial charge in [0.15, 0.2) is 0 Å². The van der Waals surface area contributed by atoms with E-state index in [0.717, 1.165) is 5.69 Å². The zero-order chi connectivity index (χ0) is 12.3. The first-order chi connectivity index (χ1) is 8.17. The monoisotopic (exact) mass is 268 g/mol. The number of halogens is 2. The molecule has 0 radical (unpaired) electrons. The summed E-state index contributed by atoms with van der Waals surface area (Å²) in [7, 11) is 0. The first kappa shape index (κ1) is 12.2. The third kappa shape index (κ3) is 3.33. The van der Waals surface area contributed by atoms with E-state index in [0.29, 0.717) is 28.1 Å². The van der Waals surface area contributed by atoms with E-state index in [4.69, 9.17) is 33.7 Å². The van der Waals surface area contributed by atoms with Gasteiger partial charge < -0.3 is 10.5 Å². The molecule has 0 saturated heterocycles. The molecule has 0 aliphatic carbocycles. The number of hydrogen-bond acceptors (Lipinski definition) is 3. The fraction of sp³-hybridized carbons (Fsp3) is 0.0833. The predicted molar refractivity (Wildman–Crippen MR) is 68.7 cm³/mol. The summed E-state index contributed by atoms with van der Waals surface area (Å²) in [5.41, 5.74) is 6.26. The van der Waals surface area contributed by atoms with Crippen molar-refractivity contribution in [1.29, 1.82) is 0 Å². The van der Waals surface area contributed by atoms with Gasteiger partial charge in [0.2, 0.25) is 0 Å². The van der Waals surface area contributed by atoms with Gasteiger partial charge >= 0.3 is 0 Å². The summed E-state index contributed by atoms with van der Waals surface area (Å²) in [5.74, 6) is 1.19. The maximum Gasteiger partial charge on any atom is 0.145 e. The van der Waals surface area contributed by atoms with Crippen molar-refractivity contribution in [2.24, 2.45) is 5.73 Å². The van der Waals surface area contributed by atoms with E-state index in [-0.39, 0.29) is 0 Å². The van der Waals surface area contributed by atoms with Crippen LogP contribution in [0, 0.1) is 0 Å². The summed E-state index contributed by atoms with van der Waals surface area (Å²) in [4.78, 5) is 4.12. The molecule has 0 spiro atoms. The molecule has 0 aliphatic rings. The van der Waals surface area contributed by atoms with Crippen LogP contribution in [0.1, 0.15) is 5.69 Å². The van der Waals surface area contributed by atoms with Crippen molar-refractivity contribution < 1.29 is 4.74 Å². The molecule has 1 heterocycles. The van der Waals surface area contributed by atoms with Crippen LogP contribution in [-0.2, 0) is 6.54 Å². The molecule has 1 aromatic carbocycles. The second-order valence-electron chi connectivity index (χ2n) is 3.40. The number of rotatable bonds is 3. The molecule has 17 heavy (non-hydrogen) atoms. The molecule has 0 aliphatic heterocycles. The predicted octanol–water partition coefficient (Wildman–Crippen LogP) is 3.64. The topological polar surface area (TPSA) is 48.1 Å². The lowest BCUT2D eigenvalue weighted by atomic mass is 10.3. The van der Waals surface area contributed by atoms with Crippen LogP contribution < -0.4 is 10.5 Å². The van der Waals surface area contributed by atoms with Gasteiger partial charge in [-0.25, -0.2) is 0 Å². The van der Waals surface area contributed by atoms with Crippen molar-refractivity contribution in [2.75, 3.05) is 0 Å². The zero-order valence-electron chi connectivity index (χ0n) is 8.86. The Bertz CT molecular complexity index is 494. The van der Waals surface area contributed by atoms with Crippen molar-refractivity contribution >= 4 is 23.2 Å². The van der Waals surface area contributed by atoms with E-state index in [9.17, 15) is 0 Å². The Morgan fingerprint density at radius 2 is 1.76 bits per heavy atom. The van der Waals surface area contributed by atoms with Gasteiger partial charge in [-0.3, -0.25) is 4.98 Å². The number of ether oxygens (including phenoxy) is 1. The third-order valence-corrected chi connectivity index (χ3v) is 2.51. The molecule has 3 nitrogen and oxygen atoms in total. The quantitative estimate of drug-likeness (QED) is 0.925. The minimum atomic E-state index is 0.406. The standard InChI is InChI=1S/C12H10Cl2N2O/c13-8-3-9(14)5-12(4-8)17-11-2-1-10(6-15)16-7-11/h1-5,7H,6,15H2. The largest absolute Gasteiger partial charge is 0.456 e. The molecule has 0 bridgehead atoms.